The molecule has 0 heterocycles. The number of carbonyl (C=O) groups is 1. The maximum atomic E-state index is 12.7. The van der Waals surface area contributed by atoms with Gasteiger partial charge in [-0.3, -0.25) is 0 Å². The van der Waals surface area contributed by atoms with Gasteiger partial charge in [0.2, 0.25) is 0 Å². The van der Waals surface area contributed by atoms with Crippen molar-refractivity contribution in [1.82, 2.24) is 5.32 Å². The highest BCUT2D eigenvalue weighted by atomic mass is 32.2. The summed E-state index contributed by atoms with van der Waals surface area (Å²) in [5, 5.41) is 6.05. The number of urea groups is 1. The molecular formula is C20H30N2O4S. The standard InChI is InChI=1S/C20H30N2O4S/c1-26-17-9-8-15(14-27(2,24)25)13-16(17)21-19(23)22-18-7-6-12-20(18)10-4-3-5-11-20/h8-9,13,18H,3-7,10-12,14H2,1-2H3,(H2,21,22,23). The van der Waals surface area contributed by atoms with Crippen molar-refractivity contribution >= 4 is 21.6 Å². The van der Waals surface area contributed by atoms with Crippen LogP contribution in [0.4, 0.5) is 10.5 Å². The summed E-state index contributed by atoms with van der Waals surface area (Å²) in [7, 11) is -1.62. The van der Waals surface area contributed by atoms with Gasteiger partial charge in [0, 0.05) is 12.3 Å². The van der Waals surface area contributed by atoms with Crippen LogP contribution in [0, 0.1) is 5.41 Å². The molecule has 0 aromatic heterocycles. The first-order valence-electron chi connectivity index (χ1n) is 9.73. The van der Waals surface area contributed by atoms with Crippen molar-refractivity contribution in [3.63, 3.8) is 0 Å². The van der Waals surface area contributed by atoms with Crippen LogP contribution >= 0.6 is 0 Å². The Hall–Kier alpha value is -1.76. The number of anilines is 1. The van der Waals surface area contributed by atoms with Gasteiger partial charge in [-0.15, -0.1) is 0 Å². The molecule has 0 saturated heterocycles. The lowest BCUT2D eigenvalue weighted by Gasteiger charge is -2.39. The first-order valence-corrected chi connectivity index (χ1v) is 11.8. The summed E-state index contributed by atoms with van der Waals surface area (Å²) in [6, 6.07) is 5.03. The largest absolute Gasteiger partial charge is 0.495 e. The van der Waals surface area contributed by atoms with Crippen LogP contribution < -0.4 is 15.4 Å². The van der Waals surface area contributed by atoms with Crippen LogP contribution in [0.2, 0.25) is 0 Å². The highest BCUT2D eigenvalue weighted by Crippen LogP contribution is 2.49. The summed E-state index contributed by atoms with van der Waals surface area (Å²) in [5.74, 6) is 0.445. The Morgan fingerprint density at radius 1 is 1.19 bits per heavy atom. The molecule has 27 heavy (non-hydrogen) atoms. The van der Waals surface area contributed by atoms with E-state index in [4.69, 9.17) is 4.74 Å². The molecular weight excluding hydrogens is 364 g/mol. The third-order valence-electron chi connectivity index (χ3n) is 6.00. The molecule has 6 nitrogen and oxygen atoms in total. The fraction of sp³-hybridized carbons (Fsp3) is 0.650. The highest BCUT2D eigenvalue weighted by molar-refractivity contribution is 7.89. The Bertz CT molecular complexity index is 785. The van der Waals surface area contributed by atoms with E-state index in [-0.39, 0.29) is 23.2 Å². The molecule has 150 valence electrons. The fourth-order valence-electron chi connectivity index (χ4n) is 4.78. The van der Waals surface area contributed by atoms with Crippen molar-refractivity contribution < 1.29 is 17.9 Å². The molecule has 2 amide bonds. The number of hydrogen-bond acceptors (Lipinski definition) is 4. The number of nitrogens with one attached hydrogen (secondary N) is 2. The average Bonchev–Trinajstić information content (AvgIpc) is 2.96. The van der Waals surface area contributed by atoms with E-state index in [0.29, 0.717) is 17.0 Å². The summed E-state index contributed by atoms with van der Waals surface area (Å²) < 4.78 is 28.4. The van der Waals surface area contributed by atoms with Crippen LogP contribution in [0.25, 0.3) is 0 Å². The third-order valence-corrected chi connectivity index (χ3v) is 6.86. The molecule has 2 saturated carbocycles. The number of benzene rings is 1. The molecule has 1 spiro atoms. The minimum atomic E-state index is -3.15. The van der Waals surface area contributed by atoms with E-state index in [1.807, 2.05) is 0 Å². The van der Waals surface area contributed by atoms with E-state index in [2.05, 4.69) is 10.6 Å². The molecule has 1 atom stereocenters. The molecule has 2 aliphatic rings. The van der Waals surface area contributed by atoms with Crippen LogP contribution in [-0.2, 0) is 15.6 Å². The number of amides is 2. The van der Waals surface area contributed by atoms with E-state index in [9.17, 15) is 13.2 Å². The number of sulfone groups is 1. The van der Waals surface area contributed by atoms with Crippen molar-refractivity contribution in [3.8, 4) is 5.75 Å². The van der Waals surface area contributed by atoms with Crippen molar-refractivity contribution in [2.75, 3.05) is 18.7 Å². The quantitative estimate of drug-likeness (QED) is 0.794. The minimum Gasteiger partial charge on any atom is -0.495 e. The van der Waals surface area contributed by atoms with Gasteiger partial charge in [-0.25, -0.2) is 13.2 Å². The first-order chi connectivity index (χ1) is 12.8. The minimum absolute atomic E-state index is 0.0704. The molecule has 0 radical (unpaired) electrons. The summed E-state index contributed by atoms with van der Waals surface area (Å²) in [4.78, 5) is 12.7. The van der Waals surface area contributed by atoms with Gasteiger partial charge in [0.25, 0.3) is 0 Å². The first kappa shape index (κ1) is 20.0. The molecule has 2 N–H and O–H groups in total. The van der Waals surface area contributed by atoms with Crippen molar-refractivity contribution in [2.45, 2.75) is 63.2 Å². The van der Waals surface area contributed by atoms with E-state index in [0.717, 1.165) is 12.8 Å². The Kier molecular flexibility index (Phi) is 5.99. The Labute approximate surface area is 162 Å². The lowest BCUT2D eigenvalue weighted by Crippen LogP contribution is -2.46. The predicted octanol–water partition coefficient (Wildman–Crippen LogP) is 3.86. The lowest BCUT2D eigenvalue weighted by atomic mass is 9.70. The zero-order chi connectivity index (χ0) is 19.5. The fourth-order valence-corrected chi connectivity index (χ4v) is 5.57. The predicted molar refractivity (Wildman–Crippen MR) is 107 cm³/mol. The van der Waals surface area contributed by atoms with Gasteiger partial charge < -0.3 is 15.4 Å². The zero-order valence-electron chi connectivity index (χ0n) is 16.2. The van der Waals surface area contributed by atoms with Crippen LogP contribution in [-0.4, -0.2) is 33.9 Å². The molecule has 1 aromatic rings. The van der Waals surface area contributed by atoms with E-state index in [1.54, 1.807) is 18.2 Å². The second-order valence-corrected chi connectivity index (χ2v) is 10.2. The maximum Gasteiger partial charge on any atom is 0.319 e. The molecule has 1 unspecified atom stereocenters. The van der Waals surface area contributed by atoms with Gasteiger partial charge in [-0.2, -0.15) is 0 Å². The molecule has 0 bridgehead atoms. The molecule has 2 aliphatic carbocycles. The smallest absolute Gasteiger partial charge is 0.319 e. The van der Waals surface area contributed by atoms with Crippen LogP contribution in [0.3, 0.4) is 0 Å². The monoisotopic (exact) mass is 394 g/mol. The second-order valence-electron chi connectivity index (χ2n) is 8.07. The van der Waals surface area contributed by atoms with Crippen molar-refractivity contribution in [1.29, 1.82) is 0 Å². The molecule has 7 heteroatoms. The van der Waals surface area contributed by atoms with Crippen LogP contribution in [0.1, 0.15) is 56.9 Å². The Morgan fingerprint density at radius 3 is 2.56 bits per heavy atom. The maximum absolute atomic E-state index is 12.7. The molecule has 3 rings (SSSR count). The van der Waals surface area contributed by atoms with Crippen molar-refractivity contribution in [2.24, 2.45) is 5.41 Å². The summed E-state index contributed by atoms with van der Waals surface area (Å²) in [5.41, 5.74) is 1.38. The topological polar surface area (TPSA) is 84.5 Å². The second kappa shape index (κ2) is 8.09. The summed E-state index contributed by atoms with van der Waals surface area (Å²) in [6.45, 7) is 0. The number of ether oxygens (including phenoxy) is 1. The van der Waals surface area contributed by atoms with Crippen molar-refractivity contribution in [3.05, 3.63) is 23.8 Å². The number of hydrogen-bond donors (Lipinski definition) is 2. The summed E-state index contributed by atoms with van der Waals surface area (Å²) >= 11 is 0. The van der Waals surface area contributed by atoms with Gasteiger partial charge in [0.05, 0.1) is 18.6 Å². The molecule has 2 fully saturated rings. The van der Waals surface area contributed by atoms with E-state index in [1.165, 1.54) is 51.9 Å². The molecule has 0 aliphatic heterocycles. The van der Waals surface area contributed by atoms with Gasteiger partial charge in [-0.1, -0.05) is 31.7 Å². The summed E-state index contributed by atoms with van der Waals surface area (Å²) in [6.07, 6.45) is 10.8. The average molecular weight is 395 g/mol. The van der Waals surface area contributed by atoms with Gasteiger partial charge >= 0.3 is 6.03 Å². The number of methoxy groups -OCH3 is 1. The van der Waals surface area contributed by atoms with Crippen LogP contribution in [0.15, 0.2) is 18.2 Å². The number of rotatable bonds is 5. The lowest BCUT2D eigenvalue weighted by molar-refractivity contribution is 0.153. The highest BCUT2D eigenvalue weighted by Gasteiger charge is 2.43. The normalized spacial score (nSPS) is 21.8. The van der Waals surface area contributed by atoms with E-state index < -0.39 is 9.84 Å². The van der Waals surface area contributed by atoms with Crippen LogP contribution in [0.5, 0.6) is 5.75 Å². The Balaban J connectivity index is 1.70. The number of carbonyl (C=O) groups excluding carboxylic acids is 1. The zero-order valence-corrected chi connectivity index (χ0v) is 17.0. The molecule has 1 aromatic carbocycles. The van der Waals surface area contributed by atoms with Gasteiger partial charge in [0.1, 0.15) is 5.75 Å². The van der Waals surface area contributed by atoms with Gasteiger partial charge in [0.15, 0.2) is 9.84 Å². The van der Waals surface area contributed by atoms with Gasteiger partial charge in [-0.05, 0) is 48.8 Å². The Morgan fingerprint density at radius 2 is 1.89 bits per heavy atom. The SMILES string of the molecule is COc1ccc(CS(C)(=O)=O)cc1NC(=O)NC1CCCC12CCCCC2. The van der Waals surface area contributed by atoms with E-state index >= 15 is 0 Å². The third kappa shape index (κ3) is 4.94.